The number of aromatic nitrogens is 3. The Bertz CT molecular complexity index is 1170. The zero-order chi connectivity index (χ0) is 24.4. The van der Waals surface area contributed by atoms with E-state index in [4.69, 9.17) is 14.7 Å². The van der Waals surface area contributed by atoms with Gasteiger partial charge in [-0.3, -0.25) is 4.79 Å². The molecule has 2 N–H and O–H groups in total. The molecule has 1 amide bonds. The third-order valence-electron chi connectivity index (χ3n) is 6.26. The first-order valence-electron chi connectivity index (χ1n) is 11.9. The Labute approximate surface area is 200 Å². The molecule has 9 nitrogen and oxygen atoms in total. The lowest BCUT2D eigenvalue weighted by Gasteiger charge is -2.34. The van der Waals surface area contributed by atoms with Crippen molar-refractivity contribution in [2.45, 2.75) is 46.7 Å². The number of carbonyl (C=O) groups excluding carboxylic acids is 1. The van der Waals surface area contributed by atoms with Gasteiger partial charge in [0.05, 0.1) is 18.0 Å². The summed E-state index contributed by atoms with van der Waals surface area (Å²) in [6, 6.07) is 7.94. The Kier molecular flexibility index (Phi) is 6.81. The molecule has 9 heteroatoms. The average Bonchev–Trinajstić information content (AvgIpc) is 3.16. The van der Waals surface area contributed by atoms with E-state index >= 15 is 0 Å². The topological polar surface area (TPSA) is 95.8 Å². The van der Waals surface area contributed by atoms with Gasteiger partial charge in [-0.1, -0.05) is 18.2 Å². The molecule has 3 aromatic rings. The molecule has 0 spiro atoms. The zero-order valence-corrected chi connectivity index (χ0v) is 20.6. The fraction of sp³-hybridized carbons (Fsp3) is 0.480. The lowest BCUT2D eigenvalue weighted by Crippen LogP contribution is -2.48. The minimum Gasteiger partial charge on any atom is -0.494 e. The Morgan fingerprint density at radius 2 is 1.85 bits per heavy atom. The first kappa shape index (κ1) is 23.7. The Morgan fingerprint density at radius 1 is 1.15 bits per heavy atom. The van der Waals surface area contributed by atoms with Gasteiger partial charge in [0.1, 0.15) is 17.1 Å². The van der Waals surface area contributed by atoms with Gasteiger partial charge >= 0.3 is 0 Å². The van der Waals surface area contributed by atoms with E-state index in [1.165, 1.54) is 0 Å². The number of anilines is 2. The van der Waals surface area contributed by atoms with Gasteiger partial charge < -0.3 is 29.5 Å². The summed E-state index contributed by atoms with van der Waals surface area (Å²) < 4.78 is 7.64. The van der Waals surface area contributed by atoms with Gasteiger partial charge in [-0.05, 0) is 33.8 Å². The third kappa shape index (κ3) is 4.60. The van der Waals surface area contributed by atoms with Crippen molar-refractivity contribution in [3.63, 3.8) is 0 Å². The highest BCUT2D eigenvalue weighted by Gasteiger charge is 2.25. The van der Waals surface area contributed by atoms with Crippen LogP contribution in [0.5, 0.6) is 11.6 Å². The molecule has 1 aliphatic rings. The van der Waals surface area contributed by atoms with Crippen molar-refractivity contribution >= 4 is 28.6 Å². The molecular formula is C25H34N6O3. The van der Waals surface area contributed by atoms with Gasteiger partial charge in [0.25, 0.3) is 0 Å². The predicted octanol–water partition coefficient (Wildman–Crippen LogP) is 3.96. The van der Waals surface area contributed by atoms with Crippen LogP contribution in [0.1, 0.15) is 52.3 Å². The summed E-state index contributed by atoms with van der Waals surface area (Å²) in [7, 11) is 0. The lowest BCUT2D eigenvalue weighted by molar-refractivity contribution is -0.129. The largest absolute Gasteiger partial charge is 0.494 e. The summed E-state index contributed by atoms with van der Waals surface area (Å²) in [5.41, 5.74) is 1.54. The third-order valence-corrected chi connectivity index (χ3v) is 6.26. The first-order chi connectivity index (χ1) is 16.3. The number of benzene rings is 1. The summed E-state index contributed by atoms with van der Waals surface area (Å²) in [5.74, 6) is 2.23. The maximum atomic E-state index is 11.7. The molecule has 0 unspecified atom stereocenters. The van der Waals surface area contributed by atoms with Crippen LogP contribution in [0.4, 0.5) is 11.8 Å². The first-order valence-corrected chi connectivity index (χ1v) is 11.9. The molecular weight excluding hydrogens is 432 g/mol. The minimum atomic E-state index is -0.0900. The van der Waals surface area contributed by atoms with Gasteiger partial charge in [0.15, 0.2) is 0 Å². The number of ether oxygens (including phenoxy) is 1. The number of nitrogens with one attached hydrogen (secondary N) is 1. The molecule has 182 valence electrons. The lowest BCUT2D eigenvalue weighted by atomic mass is 10.1. The van der Waals surface area contributed by atoms with Crippen LogP contribution >= 0.6 is 0 Å². The second kappa shape index (κ2) is 9.79. The van der Waals surface area contributed by atoms with E-state index < -0.39 is 0 Å². The van der Waals surface area contributed by atoms with Gasteiger partial charge in [-0.25, -0.2) is 4.98 Å². The maximum absolute atomic E-state index is 11.7. The normalized spacial score (nSPS) is 15.1. The Hall–Kier alpha value is -3.49. The molecule has 0 saturated carbocycles. The highest BCUT2D eigenvalue weighted by atomic mass is 16.5. The van der Waals surface area contributed by atoms with Crippen LogP contribution in [0, 0.1) is 0 Å². The maximum Gasteiger partial charge on any atom is 0.228 e. The van der Waals surface area contributed by atoms with Crippen molar-refractivity contribution in [2.75, 3.05) is 43.0 Å². The number of piperazine rings is 1. The number of hydrogen-bond acceptors (Lipinski definition) is 7. The van der Waals surface area contributed by atoms with E-state index in [1.807, 2.05) is 56.1 Å². The number of para-hydroxylation sites is 1. The number of hydrogen-bond donors (Lipinski definition) is 2. The molecule has 0 radical (unpaired) electrons. The van der Waals surface area contributed by atoms with Crippen LogP contribution < -0.4 is 15.0 Å². The van der Waals surface area contributed by atoms with E-state index in [0.29, 0.717) is 50.1 Å². The van der Waals surface area contributed by atoms with Crippen molar-refractivity contribution in [3.8, 4) is 11.6 Å². The molecule has 2 aromatic heterocycles. The number of rotatable bonds is 7. The van der Waals surface area contributed by atoms with E-state index in [0.717, 1.165) is 16.7 Å². The monoisotopic (exact) mass is 466 g/mol. The summed E-state index contributed by atoms with van der Waals surface area (Å²) >= 11 is 0. The summed E-state index contributed by atoms with van der Waals surface area (Å²) in [4.78, 5) is 25.2. The number of carbonyl (C=O) groups is 1. The molecule has 1 aliphatic heterocycles. The quantitative estimate of drug-likeness (QED) is 0.544. The fourth-order valence-corrected chi connectivity index (χ4v) is 4.35. The van der Waals surface area contributed by atoms with E-state index in [2.05, 4.69) is 17.1 Å². The summed E-state index contributed by atoms with van der Waals surface area (Å²) in [6.45, 7) is 12.8. The Balaban J connectivity index is 1.73. The van der Waals surface area contributed by atoms with Crippen molar-refractivity contribution in [1.29, 1.82) is 0 Å². The molecule has 1 saturated heterocycles. The van der Waals surface area contributed by atoms with Gasteiger partial charge in [-0.15, -0.1) is 0 Å². The van der Waals surface area contributed by atoms with Crippen LogP contribution in [-0.4, -0.2) is 63.2 Å². The second-order valence-corrected chi connectivity index (χ2v) is 8.92. The number of fused-ring (bicyclic) bond motifs is 1. The smallest absolute Gasteiger partial charge is 0.228 e. The second-order valence-electron chi connectivity index (χ2n) is 8.92. The highest BCUT2D eigenvalue weighted by molar-refractivity contribution is 5.94. The molecule has 1 fully saturated rings. The van der Waals surface area contributed by atoms with Gasteiger partial charge in [-0.2, -0.15) is 4.98 Å². The molecule has 1 aromatic carbocycles. The number of amides is 1. The molecule has 0 aliphatic carbocycles. The average molecular weight is 467 g/mol. The molecule has 4 rings (SSSR count). The number of aromatic hydroxyl groups is 1. The van der Waals surface area contributed by atoms with Crippen LogP contribution in [0.3, 0.4) is 0 Å². The van der Waals surface area contributed by atoms with Crippen molar-refractivity contribution < 1.29 is 14.6 Å². The Morgan fingerprint density at radius 3 is 2.50 bits per heavy atom. The van der Waals surface area contributed by atoms with Crippen LogP contribution in [-0.2, 0) is 4.79 Å². The van der Waals surface area contributed by atoms with Crippen molar-refractivity contribution in [2.24, 2.45) is 0 Å². The van der Waals surface area contributed by atoms with E-state index in [1.54, 1.807) is 11.5 Å². The van der Waals surface area contributed by atoms with Crippen LogP contribution in [0.15, 0.2) is 30.5 Å². The molecule has 1 atom stereocenters. The standard InChI is InChI=1S/C25H34N6O3/c1-6-34-21-10-8-7-9-19(21)17(4)26-23-20-15-31(16(2)3)24(33)22(20)27-25(28-23)30-13-11-29(12-14-30)18(5)32/h7-10,15-17,33H,6,11-14H2,1-5H3,(H,26,27,28)/t17-/m1/s1. The van der Waals surface area contributed by atoms with E-state index in [9.17, 15) is 9.90 Å². The SMILES string of the molecule is CCOc1ccccc1[C@@H](C)Nc1nc(N2CCN(C(C)=O)CC2)nc2c(O)n(C(C)C)cc12. The van der Waals surface area contributed by atoms with Crippen LogP contribution in [0.2, 0.25) is 0 Å². The highest BCUT2D eigenvalue weighted by Crippen LogP contribution is 2.36. The molecule has 3 heterocycles. The van der Waals surface area contributed by atoms with Crippen molar-refractivity contribution in [3.05, 3.63) is 36.0 Å². The minimum absolute atomic E-state index is 0.0701. The van der Waals surface area contributed by atoms with Gasteiger partial charge in [0, 0.05) is 50.9 Å². The number of nitrogens with zero attached hydrogens (tertiary/aromatic N) is 5. The van der Waals surface area contributed by atoms with Crippen molar-refractivity contribution in [1.82, 2.24) is 19.4 Å². The van der Waals surface area contributed by atoms with Gasteiger partial charge in [0.2, 0.25) is 17.7 Å². The molecule has 0 bridgehead atoms. The molecule has 34 heavy (non-hydrogen) atoms. The van der Waals surface area contributed by atoms with E-state index in [-0.39, 0.29) is 23.9 Å². The fourth-order valence-electron chi connectivity index (χ4n) is 4.35. The zero-order valence-electron chi connectivity index (χ0n) is 20.6. The predicted molar refractivity (Wildman–Crippen MR) is 134 cm³/mol. The summed E-state index contributed by atoms with van der Waals surface area (Å²) in [6.07, 6.45) is 1.90. The van der Waals surface area contributed by atoms with Crippen LogP contribution in [0.25, 0.3) is 10.9 Å². The summed E-state index contributed by atoms with van der Waals surface area (Å²) in [5, 5.41) is 15.2.